The number of non-ortho nitro benzene ring substituents is 1. The number of esters is 1. The van der Waals surface area contributed by atoms with E-state index in [4.69, 9.17) is 9.47 Å². The summed E-state index contributed by atoms with van der Waals surface area (Å²) >= 11 is 0. The van der Waals surface area contributed by atoms with Gasteiger partial charge in [0.15, 0.2) is 5.70 Å². The first-order valence-electron chi connectivity index (χ1n) is 9.54. The predicted molar refractivity (Wildman–Crippen MR) is 116 cm³/mol. The van der Waals surface area contributed by atoms with Crippen LogP contribution in [0.2, 0.25) is 0 Å². The number of aliphatic imine (C=N–C) groups is 1. The SMILES string of the molecule is Cc1ccc(C2=NC(=Cc3ccc(OCc4ccc([N+](=O)[O-])cc4)cc3)C(=O)O2)cc1. The molecule has 1 heterocycles. The Hall–Kier alpha value is -4.26. The number of nitro benzene ring substituents is 1. The highest BCUT2D eigenvalue weighted by Crippen LogP contribution is 2.21. The van der Waals surface area contributed by atoms with Crippen molar-refractivity contribution in [2.24, 2.45) is 4.99 Å². The Morgan fingerprint density at radius 2 is 1.68 bits per heavy atom. The second kappa shape index (κ2) is 8.62. The molecule has 3 aromatic carbocycles. The monoisotopic (exact) mass is 414 g/mol. The summed E-state index contributed by atoms with van der Waals surface area (Å²) in [5.41, 5.74) is 3.74. The van der Waals surface area contributed by atoms with Crippen LogP contribution in [-0.2, 0) is 16.1 Å². The van der Waals surface area contributed by atoms with Crippen molar-refractivity contribution in [3.05, 3.63) is 111 Å². The van der Waals surface area contributed by atoms with E-state index in [9.17, 15) is 14.9 Å². The zero-order valence-corrected chi connectivity index (χ0v) is 16.6. The summed E-state index contributed by atoms with van der Waals surface area (Å²) in [6, 6.07) is 21.0. The molecule has 1 aliphatic heterocycles. The van der Waals surface area contributed by atoms with Gasteiger partial charge in [0.2, 0.25) is 5.90 Å². The van der Waals surface area contributed by atoms with Crippen LogP contribution in [0.3, 0.4) is 0 Å². The Labute approximate surface area is 178 Å². The maximum Gasteiger partial charge on any atom is 0.363 e. The van der Waals surface area contributed by atoms with E-state index in [0.717, 1.165) is 22.3 Å². The van der Waals surface area contributed by atoms with Gasteiger partial charge in [-0.25, -0.2) is 9.79 Å². The van der Waals surface area contributed by atoms with Gasteiger partial charge >= 0.3 is 5.97 Å². The van der Waals surface area contributed by atoms with Gasteiger partial charge in [-0.2, -0.15) is 0 Å². The number of aryl methyl sites for hydroxylation is 1. The highest BCUT2D eigenvalue weighted by molar-refractivity contribution is 6.12. The van der Waals surface area contributed by atoms with Crippen molar-refractivity contribution in [2.45, 2.75) is 13.5 Å². The molecule has 7 nitrogen and oxygen atoms in total. The normalized spacial score (nSPS) is 14.3. The van der Waals surface area contributed by atoms with E-state index < -0.39 is 10.9 Å². The molecule has 0 aromatic heterocycles. The molecule has 3 aromatic rings. The molecule has 31 heavy (non-hydrogen) atoms. The summed E-state index contributed by atoms with van der Waals surface area (Å²) in [4.78, 5) is 26.7. The summed E-state index contributed by atoms with van der Waals surface area (Å²) in [7, 11) is 0. The number of benzene rings is 3. The van der Waals surface area contributed by atoms with Crippen molar-refractivity contribution in [2.75, 3.05) is 0 Å². The molecule has 0 saturated heterocycles. The first-order valence-corrected chi connectivity index (χ1v) is 9.54. The number of hydrogen-bond acceptors (Lipinski definition) is 6. The number of hydrogen-bond donors (Lipinski definition) is 0. The molecule has 4 rings (SSSR count). The fraction of sp³-hybridized carbons (Fsp3) is 0.0833. The molecular formula is C24H18N2O5. The lowest BCUT2D eigenvalue weighted by Crippen LogP contribution is -2.05. The van der Waals surface area contributed by atoms with Gasteiger partial charge < -0.3 is 9.47 Å². The molecule has 154 valence electrons. The third kappa shape index (κ3) is 4.84. The van der Waals surface area contributed by atoms with Gasteiger partial charge in [-0.3, -0.25) is 10.1 Å². The first kappa shape index (κ1) is 20.0. The molecule has 0 radical (unpaired) electrons. The van der Waals surface area contributed by atoms with Crippen molar-refractivity contribution in [1.29, 1.82) is 0 Å². The van der Waals surface area contributed by atoms with E-state index in [-0.39, 0.29) is 18.0 Å². The minimum atomic E-state index is -0.492. The summed E-state index contributed by atoms with van der Waals surface area (Å²) in [5.74, 6) is 0.437. The van der Waals surface area contributed by atoms with Crippen LogP contribution in [0.4, 0.5) is 5.69 Å². The quantitative estimate of drug-likeness (QED) is 0.249. The molecule has 0 saturated carbocycles. The highest BCUT2D eigenvalue weighted by atomic mass is 16.6. The van der Waals surface area contributed by atoms with Crippen molar-refractivity contribution >= 4 is 23.6 Å². The molecule has 0 amide bonds. The van der Waals surface area contributed by atoms with Gasteiger partial charge in [-0.1, -0.05) is 29.8 Å². The minimum Gasteiger partial charge on any atom is -0.489 e. The molecule has 0 unspecified atom stereocenters. The van der Waals surface area contributed by atoms with E-state index in [0.29, 0.717) is 11.6 Å². The van der Waals surface area contributed by atoms with Crippen molar-refractivity contribution in [3.8, 4) is 5.75 Å². The van der Waals surface area contributed by atoms with Crippen molar-refractivity contribution in [3.63, 3.8) is 0 Å². The second-order valence-corrected chi connectivity index (χ2v) is 6.98. The fourth-order valence-electron chi connectivity index (χ4n) is 2.93. The zero-order chi connectivity index (χ0) is 21.8. The Bertz CT molecular complexity index is 1180. The number of rotatable bonds is 6. The number of ether oxygens (including phenoxy) is 2. The Balaban J connectivity index is 1.41. The number of carbonyl (C=O) groups excluding carboxylic acids is 1. The lowest BCUT2D eigenvalue weighted by atomic mass is 10.1. The average Bonchev–Trinajstić information content (AvgIpc) is 3.14. The van der Waals surface area contributed by atoms with Gasteiger partial charge in [-0.05, 0) is 60.5 Å². The maximum atomic E-state index is 12.1. The van der Waals surface area contributed by atoms with Crippen molar-refractivity contribution in [1.82, 2.24) is 0 Å². The van der Waals surface area contributed by atoms with Gasteiger partial charge in [-0.15, -0.1) is 0 Å². The summed E-state index contributed by atoms with van der Waals surface area (Å²) in [6.07, 6.45) is 1.66. The van der Waals surface area contributed by atoms with Crippen LogP contribution in [0.15, 0.2) is 83.5 Å². The molecule has 7 heteroatoms. The Morgan fingerprint density at radius 1 is 1.00 bits per heavy atom. The lowest BCUT2D eigenvalue weighted by Gasteiger charge is -2.06. The fourth-order valence-corrected chi connectivity index (χ4v) is 2.93. The molecule has 0 atom stereocenters. The Morgan fingerprint density at radius 3 is 2.32 bits per heavy atom. The van der Waals surface area contributed by atoms with Crippen molar-refractivity contribution < 1.29 is 19.2 Å². The molecule has 0 spiro atoms. The van der Waals surface area contributed by atoms with Gasteiger partial charge in [0, 0.05) is 17.7 Å². The molecule has 1 aliphatic rings. The van der Waals surface area contributed by atoms with Crippen LogP contribution in [0.5, 0.6) is 5.75 Å². The zero-order valence-electron chi connectivity index (χ0n) is 16.6. The summed E-state index contributed by atoms with van der Waals surface area (Å²) in [6.45, 7) is 2.27. The molecule has 0 fully saturated rings. The van der Waals surface area contributed by atoms with Gasteiger partial charge in [0.1, 0.15) is 12.4 Å². The van der Waals surface area contributed by atoms with E-state index in [1.54, 1.807) is 30.3 Å². The van der Waals surface area contributed by atoms with Gasteiger partial charge in [0.05, 0.1) is 4.92 Å². The van der Waals surface area contributed by atoms with Gasteiger partial charge in [0.25, 0.3) is 5.69 Å². The van der Waals surface area contributed by atoms with E-state index >= 15 is 0 Å². The van der Waals surface area contributed by atoms with E-state index in [1.165, 1.54) is 12.1 Å². The molecular weight excluding hydrogens is 396 g/mol. The number of cyclic esters (lactones) is 1. The molecule has 0 N–H and O–H groups in total. The third-order valence-corrected chi connectivity index (χ3v) is 4.66. The molecule has 0 aliphatic carbocycles. The standard InChI is InChI=1S/C24H18N2O5/c1-16-2-8-19(9-3-16)23-25-22(24(27)31-23)14-17-6-12-21(13-7-17)30-15-18-4-10-20(11-5-18)26(28)29/h2-14H,15H2,1H3. The van der Waals surface area contributed by atoms with Crippen LogP contribution >= 0.6 is 0 Å². The first-order chi connectivity index (χ1) is 15.0. The van der Waals surface area contributed by atoms with E-state index in [2.05, 4.69) is 4.99 Å². The minimum absolute atomic E-state index is 0.0415. The second-order valence-electron chi connectivity index (χ2n) is 6.98. The lowest BCUT2D eigenvalue weighted by molar-refractivity contribution is -0.384. The van der Waals surface area contributed by atoms with Crippen LogP contribution in [-0.4, -0.2) is 16.8 Å². The Kier molecular flexibility index (Phi) is 5.57. The summed E-state index contributed by atoms with van der Waals surface area (Å²) in [5, 5.41) is 10.7. The van der Waals surface area contributed by atoms with Crippen LogP contribution in [0.1, 0.15) is 22.3 Å². The topological polar surface area (TPSA) is 91.0 Å². The van der Waals surface area contributed by atoms with Crippen LogP contribution < -0.4 is 4.74 Å². The number of carbonyl (C=O) groups is 1. The average molecular weight is 414 g/mol. The maximum absolute atomic E-state index is 12.1. The number of nitro groups is 1. The molecule has 0 bridgehead atoms. The smallest absolute Gasteiger partial charge is 0.363 e. The largest absolute Gasteiger partial charge is 0.489 e. The highest BCUT2D eigenvalue weighted by Gasteiger charge is 2.24. The van der Waals surface area contributed by atoms with Crippen LogP contribution in [0.25, 0.3) is 6.08 Å². The predicted octanol–water partition coefficient (Wildman–Crippen LogP) is 4.83. The third-order valence-electron chi connectivity index (χ3n) is 4.66. The summed E-state index contributed by atoms with van der Waals surface area (Å²) < 4.78 is 11.0. The number of nitrogens with zero attached hydrogens (tertiary/aromatic N) is 2. The van der Waals surface area contributed by atoms with Crippen LogP contribution in [0, 0.1) is 17.0 Å². The van der Waals surface area contributed by atoms with E-state index in [1.807, 2.05) is 43.3 Å².